The predicted molar refractivity (Wildman–Crippen MR) is 103 cm³/mol. The molecule has 1 aromatic rings. The smallest absolute Gasteiger partial charge is 0.326 e. The summed E-state index contributed by atoms with van der Waals surface area (Å²) in [6.07, 6.45) is 5.06. The maximum Gasteiger partial charge on any atom is 0.326 e. The van der Waals surface area contributed by atoms with Crippen LogP contribution in [0.2, 0.25) is 0 Å². The van der Waals surface area contributed by atoms with Crippen LogP contribution < -0.4 is 0 Å². The molecule has 0 spiro atoms. The van der Waals surface area contributed by atoms with Crippen LogP contribution in [0.4, 0.5) is 0 Å². The van der Waals surface area contributed by atoms with Crippen LogP contribution in [0.3, 0.4) is 0 Å². The molecule has 0 bridgehead atoms. The number of hydrogen-bond donors (Lipinski definition) is 1. The third kappa shape index (κ3) is 4.75. The number of hydrogen-bond acceptors (Lipinski definition) is 3. The zero-order chi connectivity index (χ0) is 17.5. The van der Waals surface area contributed by atoms with E-state index in [4.69, 9.17) is 4.74 Å². The highest BCUT2D eigenvalue weighted by atomic mass is 127. The van der Waals surface area contributed by atoms with E-state index in [1.165, 1.54) is 0 Å². The molecule has 1 fully saturated rings. The fourth-order valence-corrected chi connectivity index (χ4v) is 3.69. The third-order valence-corrected chi connectivity index (χ3v) is 4.89. The molecule has 5 heteroatoms. The number of benzene rings is 1. The fourth-order valence-electron chi connectivity index (χ4n) is 3.08. The van der Waals surface area contributed by atoms with Gasteiger partial charge in [0.05, 0.1) is 5.70 Å². The van der Waals surface area contributed by atoms with Crippen molar-refractivity contribution < 1.29 is 14.6 Å². The number of allylic oxidation sites excluding steroid dienone is 2. The van der Waals surface area contributed by atoms with Gasteiger partial charge in [-0.25, -0.2) is 4.79 Å². The number of aliphatic carboxylic acids is 1. The van der Waals surface area contributed by atoms with Gasteiger partial charge in [0.1, 0.15) is 18.4 Å². The number of carboxylic acids is 1. The highest BCUT2D eigenvalue weighted by Gasteiger charge is 2.30. The molecule has 1 N–H and O–H groups in total. The average molecular weight is 441 g/mol. The number of piperidine rings is 1. The van der Waals surface area contributed by atoms with E-state index >= 15 is 0 Å². The standard InChI is InChI=1S/C19H24INO3/c1-3-16(21-11-6-5-10-17(21)19(22)23)18(4-2)24-13-14-8-7-9-15(20)12-14/h4,7-9,12,17H,2-3,5-6,10-11,13H2,1H3,(H,22,23)/b18-16-/t17-/m0/s1. The van der Waals surface area contributed by atoms with Gasteiger partial charge in [-0.3, -0.25) is 0 Å². The van der Waals surface area contributed by atoms with Gasteiger partial charge in [0.25, 0.3) is 0 Å². The molecule has 0 aliphatic carbocycles. The maximum absolute atomic E-state index is 11.6. The van der Waals surface area contributed by atoms with E-state index in [1.807, 2.05) is 30.0 Å². The van der Waals surface area contributed by atoms with E-state index in [9.17, 15) is 9.90 Å². The second-order valence-corrected chi connectivity index (χ2v) is 7.08. The zero-order valence-electron chi connectivity index (χ0n) is 14.0. The summed E-state index contributed by atoms with van der Waals surface area (Å²) in [6.45, 7) is 7.10. The minimum atomic E-state index is -0.762. The lowest BCUT2D eigenvalue weighted by atomic mass is 10.0. The van der Waals surface area contributed by atoms with E-state index in [0.717, 1.165) is 40.6 Å². The summed E-state index contributed by atoms with van der Waals surface area (Å²) in [7, 11) is 0. The summed E-state index contributed by atoms with van der Waals surface area (Å²) in [5, 5.41) is 9.51. The number of ether oxygens (including phenoxy) is 1. The third-order valence-electron chi connectivity index (χ3n) is 4.22. The van der Waals surface area contributed by atoms with Gasteiger partial charge in [-0.2, -0.15) is 0 Å². The van der Waals surface area contributed by atoms with Crippen molar-refractivity contribution in [2.24, 2.45) is 0 Å². The van der Waals surface area contributed by atoms with Crippen LogP contribution >= 0.6 is 22.6 Å². The largest absolute Gasteiger partial charge is 0.487 e. The Hall–Kier alpha value is -1.50. The quantitative estimate of drug-likeness (QED) is 0.383. The van der Waals surface area contributed by atoms with Crippen LogP contribution in [-0.2, 0) is 16.1 Å². The van der Waals surface area contributed by atoms with E-state index in [1.54, 1.807) is 6.08 Å². The first-order chi connectivity index (χ1) is 11.6. The number of carbonyl (C=O) groups is 1. The van der Waals surface area contributed by atoms with Crippen molar-refractivity contribution in [3.63, 3.8) is 0 Å². The summed E-state index contributed by atoms with van der Waals surface area (Å²) >= 11 is 2.28. The molecule has 1 heterocycles. The van der Waals surface area contributed by atoms with Crippen molar-refractivity contribution in [3.05, 3.63) is 57.5 Å². The van der Waals surface area contributed by atoms with Gasteiger partial charge in [0.2, 0.25) is 0 Å². The molecular weight excluding hydrogens is 417 g/mol. The Morgan fingerprint density at radius 2 is 2.29 bits per heavy atom. The highest BCUT2D eigenvalue weighted by Crippen LogP contribution is 2.27. The van der Waals surface area contributed by atoms with Crippen LogP contribution in [0, 0.1) is 3.57 Å². The summed E-state index contributed by atoms with van der Waals surface area (Å²) in [6, 6.07) is 7.68. The van der Waals surface area contributed by atoms with Crippen molar-refractivity contribution in [2.45, 2.75) is 45.3 Å². The van der Waals surface area contributed by atoms with Crippen molar-refractivity contribution in [2.75, 3.05) is 6.54 Å². The first-order valence-corrected chi connectivity index (χ1v) is 9.37. The molecule has 130 valence electrons. The van der Waals surface area contributed by atoms with Crippen LogP contribution in [0.5, 0.6) is 0 Å². The number of halogens is 1. The monoisotopic (exact) mass is 441 g/mol. The van der Waals surface area contributed by atoms with Gasteiger partial charge in [-0.05, 0) is 72.0 Å². The topological polar surface area (TPSA) is 49.8 Å². The fraction of sp³-hybridized carbons (Fsp3) is 0.421. The second kappa shape index (κ2) is 9.11. The molecular formula is C19H24INO3. The van der Waals surface area contributed by atoms with Gasteiger partial charge >= 0.3 is 5.97 Å². The minimum absolute atomic E-state index is 0.452. The first-order valence-electron chi connectivity index (χ1n) is 8.29. The maximum atomic E-state index is 11.6. The Labute approximate surface area is 157 Å². The van der Waals surface area contributed by atoms with E-state index in [2.05, 4.69) is 35.2 Å². The summed E-state index contributed by atoms with van der Waals surface area (Å²) in [5.41, 5.74) is 2.02. The summed E-state index contributed by atoms with van der Waals surface area (Å²) in [4.78, 5) is 13.6. The molecule has 2 rings (SSSR count). The second-order valence-electron chi connectivity index (χ2n) is 5.83. The molecule has 0 radical (unpaired) electrons. The van der Waals surface area contributed by atoms with E-state index in [0.29, 0.717) is 18.8 Å². The molecule has 0 amide bonds. The van der Waals surface area contributed by atoms with Crippen LogP contribution in [0.25, 0.3) is 0 Å². The number of likely N-dealkylation sites (tertiary alicyclic amines) is 1. The minimum Gasteiger partial charge on any atom is -0.487 e. The van der Waals surface area contributed by atoms with Crippen LogP contribution in [0.1, 0.15) is 38.2 Å². The lowest BCUT2D eigenvalue weighted by Crippen LogP contribution is -2.44. The molecule has 1 aliphatic rings. The van der Waals surface area contributed by atoms with Crippen molar-refractivity contribution in [1.82, 2.24) is 4.90 Å². The Morgan fingerprint density at radius 1 is 1.50 bits per heavy atom. The van der Waals surface area contributed by atoms with Gasteiger partial charge in [0, 0.05) is 10.1 Å². The molecule has 1 aromatic carbocycles. The highest BCUT2D eigenvalue weighted by molar-refractivity contribution is 14.1. The molecule has 0 unspecified atom stereocenters. The summed E-state index contributed by atoms with van der Waals surface area (Å²) < 4.78 is 7.15. The molecule has 24 heavy (non-hydrogen) atoms. The normalized spacial score (nSPS) is 18.8. The Bertz CT molecular complexity index is 627. The Morgan fingerprint density at radius 3 is 2.92 bits per heavy atom. The van der Waals surface area contributed by atoms with E-state index < -0.39 is 12.0 Å². The molecule has 1 saturated heterocycles. The lowest BCUT2D eigenvalue weighted by molar-refractivity contribution is -0.143. The first kappa shape index (κ1) is 18.8. The molecule has 1 atom stereocenters. The van der Waals surface area contributed by atoms with Crippen LogP contribution in [0.15, 0.2) is 48.4 Å². The number of nitrogens with zero attached hydrogens (tertiary/aromatic N) is 1. The molecule has 4 nitrogen and oxygen atoms in total. The SMILES string of the molecule is C=C/C(OCc1cccc(I)c1)=C(\CC)N1CCCC[C@H]1C(=O)O. The van der Waals surface area contributed by atoms with Gasteiger partial charge in [-0.15, -0.1) is 0 Å². The number of carboxylic acid groups (broad SMARTS) is 1. The molecule has 0 aromatic heterocycles. The average Bonchev–Trinajstić information content (AvgIpc) is 2.58. The lowest BCUT2D eigenvalue weighted by Gasteiger charge is -2.37. The van der Waals surface area contributed by atoms with Gasteiger partial charge < -0.3 is 14.7 Å². The predicted octanol–water partition coefficient (Wildman–Crippen LogP) is 4.55. The Kier molecular flexibility index (Phi) is 7.15. The van der Waals surface area contributed by atoms with E-state index in [-0.39, 0.29) is 0 Å². The van der Waals surface area contributed by atoms with Gasteiger partial charge in [-0.1, -0.05) is 25.6 Å². The van der Waals surface area contributed by atoms with Crippen molar-refractivity contribution in [1.29, 1.82) is 0 Å². The van der Waals surface area contributed by atoms with Crippen LogP contribution in [-0.4, -0.2) is 28.6 Å². The molecule has 0 saturated carbocycles. The van der Waals surface area contributed by atoms with Crippen molar-refractivity contribution in [3.8, 4) is 0 Å². The Balaban J connectivity index is 2.21. The number of rotatable bonds is 7. The van der Waals surface area contributed by atoms with Gasteiger partial charge in [0.15, 0.2) is 0 Å². The van der Waals surface area contributed by atoms with Crippen molar-refractivity contribution >= 4 is 28.6 Å². The molecule has 1 aliphatic heterocycles. The summed E-state index contributed by atoms with van der Waals surface area (Å²) in [5.74, 6) is -0.0776. The zero-order valence-corrected chi connectivity index (χ0v) is 16.2.